The number of rotatable bonds is 6. The van der Waals surface area contributed by atoms with Crippen LogP contribution in [0.5, 0.6) is 0 Å². The third-order valence-corrected chi connectivity index (χ3v) is 7.05. The van der Waals surface area contributed by atoms with Crippen LogP contribution in [0.3, 0.4) is 0 Å². The van der Waals surface area contributed by atoms with Gasteiger partial charge in [-0.15, -0.1) is 0 Å². The topological polar surface area (TPSA) is 52.7 Å². The number of piperidine rings is 1. The van der Waals surface area contributed by atoms with Crippen molar-refractivity contribution in [2.24, 2.45) is 0 Å². The summed E-state index contributed by atoms with van der Waals surface area (Å²) in [5.74, 6) is 0. The summed E-state index contributed by atoms with van der Waals surface area (Å²) < 4.78 is 29.0. The maximum Gasteiger partial charge on any atom is 0.282 e. The van der Waals surface area contributed by atoms with Gasteiger partial charge in [0.15, 0.2) is 0 Å². The normalized spacial score (nSPS) is 25.6. The molecule has 1 aliphatic carbocycles. The van der Waals surface area contributed by atoms with Gasteiger partial charge in [0, 0.05) is 32.2 Å². The van der Waals surface area contributed by atoms with Crippen LogP contribution in [-0.4, -0.2) is 55.8 Å². The molecule has 0 bridgehead atoms. The van der Waals surface area contributed by atoms with Crippen LogP contribution in [0.4, 0.5) is 0 Å². The molecule has 6 heteroatoms. The summed E-state index contributed by atoms with van der Waals surface area (Å²) in [4.78, 5) is 0. The van der Waals surface area contributed by atoms with Gasteiger partial charge in [0.05, 0.1) is 0 Å². The van der Waals surface area contributed by atoms with Crippen LogP contribution >= 0.6 is 0 Å². The van der Waals surface area contributed by atoms with Gasteiger partial charge in [0.2, 0.25) is 0 Å². The van der Waals surface area contributed by atoms with Crippen molar-refractivity contribution in [1.82, 2.24) is 13.9 Å². The Morgan fingerprint density at radius 1 is 1.05 bits per heavy atom. The van der Waals surface area contributed by atoms with Gasteiger partial charge in [-0.05, 0) is 32.2 Å². The van der Waals surface area contributed by atoms with Gasteiger partial charge in [-0.2, -0.15) is 17.0 Å². The zero-order chi connectivity index (χ0) is 15.3. The van der Waals surface area contributed by atoms with E-state index in [2.05, 4.69) is 5.32 Å². The summed E-state index contributed by atoms with van der Waals surface area (Å²) in [7, 11) is -1.56. The van der Waals surface area contributed by atoms with Crippen LogP contribution in [0.25, 0.3) is 0 Å². The highest BCUT2D eigenvalue weighted by Gasteiger charge is 2.33. The van der Waals surface area contributed by atoms with Crippen LogP contribution in [0.15, 0.2) is 0 Å². The average molecular weight is 317 g/mol. The van der Waals surface area contributed by atoms with E-state index in [9.17, 15) is 8.42 Å². The van der Waals surface area contributed by atoms with Gasteiger partial charge in [-0.3, -0.25) is 0 Å². The van der Waals surface area contributed by atoms with E-state index in [0.717, 1.165) is 38.6 Å². The molecule has 2 aliphatic rings. The Bertz CT molecular complexity index is 401. The van der Waals surface area contributed by atoms with Crippen LogP contribution in [-0.2, 0) is 10.2 Å². The highest BCUT2D eigenvalue weighted by atomic mass is 32.2. The van der Waals surface area contributed by atoms with Crippen molar-refractivity contribution >= 4 is 10.2 Å². The fourth-order valence-corrected chi connectivity index (χ4v) is 5.17. The molecule has 0 radical (unpaired) electrons. The Morgan fingerprint density at radius 2 is 1.71 bits per heavy atom. The third-order valence-electron chi connectivity index (χ3n) is 4.97. The van der Waals surface area contributed by atoms with Gasteiger partial charge in [0.25, 0.3) is 10.2 Å². The van der Waals surface area contributed by atoms with Crippen molar-refractivity contribution in [2.45, 2.75) is 70.4 Å². The number of hydrogen-bond acceptors (Lipinski definition) is 3. The molecule has 5 nitrogen and oxygen atoms in total. The maximum absolute atomic E-state index is 12.9. The fourth-order valence-electron chi connectivity index (χ4n) is 3.53. The second-order valence-corrected chi connectivity index (χ2v) is 8.40. The van der Waals surface area contributed by atoms with Crippen LogP contribution in [0, 0.1) is 0 Å². The molecule has 0 aromatic rings. The number of likely N-dealkylation sites (N-methyl/N-ethyl adjacent to an activating group) is 1. The monoisotopic (exact) mass is 317 g/mol. The molecular weight excluding hydrogens is 286 g/mol. The van der Waals surface area contributed by atoms with E-state index in [1.165, 1.54) is 19.3 Å². The van der Waals surface area contributed by atoms with Gasteiger partial charge in [-0.25, -0.2) is 0 Å². The molecule has 124 valence electrons. The first-order chi connectivity index (χ1) is 10.1. The van der Waals surface area contributed by atoms with E-state index < -0.39 is 10.2 Å². The quantitative estimate of drug-likeness (QED) is 0.815. The first kappa shape index (κ1) is 17.2. The van der Waals surface area contributed by atoms with E-state index in [-0.39, 0.29) is 6.04 Å². The van der Waals surface area contributed by atoms with Crippen molar-refractivity contribution in [2.75, 3.05) is 26.7 Å². The van der Waals surface area contributed by atoms with Gasteiger partial charge >= 0.3 is 0 Å². The summed E-state index contributed by atoms with van der Waals surface area (Å²) in [5, 5.41) is 3.45. The highest BCUT2D eigenvalue weighted by Crippen LogP contribution is 2.25. The zero-order valence-corrected chi connectivity index (χ0v) is 14.4. The molecule has 0 amide bonds. The average Bonchev–Trinajstić information content (AvgIpc) is 2.53. The minimum Gasteiger partial charge on any atom is -0.313 e. The standard InChI is InChI=1S/C15H31N3O2S/c1-3-18(13-14-9-7-8-12-16-14)21(19,20)17(2)15-10-5-4-6-11-15/h14-16H,3-13H2,1-2H3. The second kappa shape index (κ2) is 7.90. The maximum atomic E-state index is 12.9. The molecule has 0 aromatic heterocycles. The Labute approximate surface area is 130 Å². The van der Waals surface area contributed by atoms with Crippen molar-refractivity contribution in [1.29, 1.82) is 0 Å². The molecule has 0 spiro atoms. The zero-order valence-electron chi connectivity index (χ0n) is 13.6. The minimum atomic E-state index is -3.32. The highest BCUT2D eigenvalue weighted by molar-refractivity contribution is 7.86. The Kier molecular flexibility index (Phi) is 6.47. The molecule has 1 heterocycles. The summed E-state index contributed by atoms with van der Waals surface area (Å²) in [5.41, 5.74) is 0. The SMILES string of the molecule is CCN(CC1CCCCN1)S(=O)(=O)N(C)C1CCCCC1. The van der Waals surface area contributed by atoms with Crippen LogP contribution in [0.2, 0.25) is 0 Å². The number of nitrogens with one attached hydrogen (secondary N) is 1. The lowest BCUT2D eigenvalue weighted by Crippen LogP contribution is -2.51. The molecule has 1 aliphatic heterocycles. The second-order valence-electron chi connectivity index (χ2n) is 6.41. The fraction of sp³-hybridized carbons (Fsp3) is 1.00. The Hall–Kier alpha value is -0.170. The number of nitrogens with zero attached hydrogens (tertiary/aromatic N) is 2. The third kappa shape index (κ3) is 4.41. The molecule has 1 saturated carbocycles. The van der Waals surface area contributed by atoms with Crippen molar-refractivity contribution in [3.05, 3.63) is 0 Å². The van der Waals surface area contributed by atoms with Gasteiger partial charge in [0.1, 0.15) is 0 Å². The van der Waals surface area contributed by atoms with Gasteiger partial charge < -0.3 is 5.32 Å². The molecule has 1 atom stereocenters. The van der Waals surface area contributed by atoms with Crippen LogP contribution in [0.1, 0.15) is 58.3 Å². The first-order valence-corrected chi connectivity index (χ1v) is 9.92. The summed E-state index contributed by atoms with van der Waals surface area (Å²) in [6.45, 7) is 4.11. The summed E-state index contributed by atoms with van der Waals surface area (Å²) >= 11 is 0. The molecular formula is C15H31N3O2S. The van der Waals surface area contributed by atoms with Crippen molar-refractivity contribution in [3.63, 3.8) is 0 Å². The predicted octanol–water partition coefficient (Wildman–Crippen LogP) is 1.96. The summed E-state index contributed by atoms with van der Waals surface area (Å²) in [6.07, 6.45) is 9.06. The molecule has 1 saturated heterocycles. The molecule has 1 N–H and O–H groups in total. The lowest BCUT2D eigenvalue weighted by molar-refractivity contribution is 0.252. The van der Waals surface area contributed by atoms with Crippen molar-refractivity contribution < 1.29 is 8.42 Å². The van der Waals surface area contributed by atoms with E-state index in [1.54, 1.807) is 15.7 Å². The minimum absolute atomic E-state index is 0.192. The largest absolute Gasteiger partial charge is 0.313 e. The lowest BCUT2D eigenvalue weighted by atomic mass is 9.96. The van der Waals surface area contributed by atoms with E-state index in [1.807, 2.05) is 6.92 Å². The number of hydrogen-bond donors (Lipinski definition) is 1. The van der Waals surface area contributed by atoms with Crippen LogP contribution < -0.4 is 5.32 Å². The van der Waals surface area contributed by atoms with E-state index >= 15 is 0 Å². The van der Waals surface area contributed by atoms with Crippen molar-refractivity contribution in [3.8, 4) is 0 Å². The van der Waals surface area contributed by atoms with E-state index in [0.29, 0.717) is 19.1 Å². The predicted molar refractivity (Wildman–Crippen MR) is 86.4 cm³/mol. The molecule has 1 unspecified atom stereocenters. The van der Waals surface area contributed by atoms with Gasteiger partial charge in [-0.1, -0.05) is 32.6 Å². The molecule has 0 aromatic carbocycles. The van der Waals surface area contributed by atoms with E-state index in [4.69, 9.17) is 0 Å². The first-order valence-electron chi connectivity index (χ1n) is 8.52. The Balaban J connectivity index is 1.99. The molecule has 2 rings (SSSR count). The summed E-state index contributed by atoms with van der Waals surface area (Å²) in [6, 6.07) is 0.505. The smallest absolute Gasteiger partial charge is 0.282 e. The lowest BCUT2D eigenvalue weighted by Gasteiger charge is -2.36. The Morgan fingerprint density at radius 3 is 2.29 bits per heavy atom. The molecule has 2 fully saturated rings. The molecule has 21 heavy (non-hydrogen) atoms.